The number of nitrogens with zero attached hydrogens (tertiary/aromatic N) is 2. The Kier molecular flexibility index (Phi) is 9.19. The van der Waals surface area contributed by atoms with Crippen LogP contribution >= 0.6 is 0 Å². The van der Waals surface area contributed by atoms with Crippen LogP contribution < -0.4 is 16.4 Å². The van der Waals surface area contributed by atoms with Crippen LogP contribution in [0.1, 0.15) is 65.6 Å². The summed E-state index contributed by atoms with van der Waals surface area (Å²) >= 11 is 0. The summed E-state index contributed by atoms with van der Waals surface area (Å²) in [4.78, 5) is 55.9. The number of anilines is 2. The van der Waals surface area contributed by atoms with Crippen molar-refractivity contribution in [3.8, 4) is 0 Å². The van der Waals surface area contributed by atoms with Crippen LogP contribution in [0.3, 0.4) is 0 Å². The Morgan fingerprint density at radius 1 is 1.05 bits per heavy atom. The van der Waals surface area contributed by atoms with Gasteiger partial charge in [0, 0.05) is 19.3 Å². The Morgan fingerprint density at radius 2 is 1.64 bits per heavy atom. The summed E-state index contributed by atoms with van der Waals surface area (Å²) < 4.78 is 34.1. The van der Waals surface area contributed by atoms with Gasteiger partial charge in [-0.25, -0.2) is 13.6 Å². The van der Waals surface area contributed by atoms with Gasteiger partial charge in [-0.05, 0) is 68.5 Å². The summed E-state index contributed by atoms with van der Waals surface area (Å²) in [6.07, 6.45) is -0.714. The molecule has 3 atom stereocenters. The fraction of sp³-hybridized carbons (Fsp3) is 0.467. The van der Waals surface area contributed by atoms with Crippen molar-refractivity contribution in [1.29, 1.82) is 0 Å². The summed E-state index contributed by atoms with van der Waals surface area (Å²) in [5, 5.41) is 5.02. The number of rotatable bonds is 6. The number of nitrogens with one attached hydrogen (secondary N) is 2. The van der Waals surface area contributed by atoms with E-state index in [2.05, 4.69) is 10.6 Å². The number of likely N-dealkylation sites (N-methyl/N-ethyl adjacent to an activating group) is 1. The smallest absolute Gasteiger partial charge is 0.410 e. The van der Waals surface area contributed by atoms with Gasteiger partial charge in [0.25, 0.3) is 5.91 Å². The number of nitrogens with two attached hydrogens (primary N) is 1. The van der Waals surface area contributed by atoms with E-state index in [4.69, 9.17) is 10.5 Å². The molecule has 0 aromatic heterocycles. The normalized spacial score (nSPS) is 16.2. The van der Waals surface area contributed by atoms with Crippen molar-refractivity contribution in [3.05, 3.63) is 59.2 Å². The molecule has 4 N–H and O–H groups in total. The third-order valence-corrected chi connectivity index (χ3v) is 6.90. The lowest BCUT2D eigenvalue weighted by atomic mass is 9.85. The third kappa shape index (κ3) is 7.15. The van der Waals surface area contributed by atoms with Gasteiger partial charge in [-0.15, -0.1) is 0 Å². The first-order valence-electron chi connectivity index (χ1n) is 13.5. The van der Waals surface area contributed by atoms with E-state index in [9.17, 15) is 28.0 Å². The Balaban J connectivity index is 1.93. The SMILES string of the molecule is CC(C(=O)NC(C(=O)N1Cc2ccc(N)cc2[C@H]1C(=O)Nc1c(F)cccc1F)C(C)(C)C)N(C)C(=O)OC(C)(C)C. The molecule has 1 heterocycles. The van der Waals surface area contributed by atoms with Gasteiger partial charge in [-0.3, -0.25) is 19.3 Å². The van der Waals surface area contributed by atoms with Crippen molar-refractivity contribution in [1.82, 2.24) is 15.1 Å². The van der Waals surface area contributed by atoms with Gasteiger partial charge in [0.15, 0.2) is 0 Å². The topological polar surface area (TPSA) is 134 Å². The van der Waals surface area contributed by atoms with Crippen LogP contribution in [0.15, 0.2) is 36.4 Å². The highest BCUT2D eigenvalue weighted by atomic mass is 19.1. The number of carbonyl (C=O) groups excluding carboxylic acids is 4. The van der Waals surface area contributed by atoms with Crippen LogP contribution in [0.4, 0.5) is 25.0 Å². The van der Waals surface area contributed by atoms with E-state index in [0.29, 0.717) is 16.8 Å². The number of halogens is 2. The number of carbonyl (C=O) groups is 4. The number of benzene rings is 2. The molecule has 1 aliphatic rings. The zero-order valence-electron chi connectivity index (χ0n) is 25.2. The van der Waals surface area contributed by atoms with E-state index in [0.717, 1.165) is 17.0 Å². The highest BCUT2D eigenvalue weighted by molar-refractivity contribution is 6.00. The van der Waals surface area contributed by atoms with Gasteiger partial charge in [-0.2, -0.15) is 0 Å². The summed E-state index contributed by atoms with van der Waals surface area (Å²) in [5.41, 5.74) is 5.06. The predicted molar refractivity (Wildman–Crippen MR) is 154 cm³/mol. The molecular weight excluding hydrogens is 548 g/mol. The zero-order valence-corrected chi connectivity index (χ0v) is 25.2. The van der Waals surface area contributed by atoms with E-state index >= 15 is 0 Å². The highest BCUT2D eigenvalue weighted by Crippen LogP contribution is 2.38. The molecule has 2 aromatic rings. The van der Waals surface area contributed by atoms with Crippen LogP contribution in [-0.4, -0.2) is 58.3 Å². The third-order valence-electron chi connectivity index (χ3n) is 6.90. The number of para-hydroxylation sites is 1. The van der Waals surface area contributed by atoms with Crippen LogP contribution in [0, 0.1) is 17.0 Å². The first kappa shape index (κ1) is 32.3. The van der Waals surface area contributed by atoms with Crippen molar-refractivity contribution in [2.75, 3.05) is 18.1 Å². The number of hydrogen-bond acceptors (Lipinski definition) is 6. The van der Waals surface area contributed by atoms with Crippen molar-refractivity contribution < 1.29 is 32.7 Å². The van der Waals surface area contributed by atoms with Crippen molar-refractivity contribution in [3.63, 3.8) is 0 Å². The second kappa shape index (κ2) is 11.9. The molecule has 0 saturated carbocycles. The van der Waals surface area contributed by atoms with E-state index in [1.807, 2.05) is 0 Å². The molecule has 2 unspecified atom stereocenters. The quantitative estimate of drug-likeness (QED) is 0.430. The molecule has 4 amide bonds. The van der Waals surface area contributed by atoms with Crippen molar-refractivity contribution >= 4 is 35.2 Å². The maximum atomic E-state index is 14.4. The minimum absolute atomic E-state index is 0.0118. The number of ether oxygens (including phenoxy) is 1. The van der Waals surface area contributed by atoms with Gasteiger partial charge < -0.3 is 26.0 Å². The van der Waals surface area contributed by atoms with Gasteiger partial charge in [-0.1, -0.05) is 32.9 Å². The number of fused-ring (bicyclic) bond motifs is 1. The first-order valence-corrected chi connectivity index (χ1v) is 13.5. The lowest BCUT2D eigenvalue weighted by Crippen LogP contribution is -2.58. The maximum Gasteiger partial charge on any atom is 0.410 e. The molecule has 1 aliphatic heterocycles. The Hall–Kier alpha value is -4.22. The molecular formula is C30H39F2N5O5. The average molecular weight is 588 g/mol. The zero-order chi connectivity index (χ0) is 31.7. The van der Waals surface area contributed by atoms with E-state index in [1.165, 1.54) is 31.0 Å². The van der Waals surface area contributed by atoms with E-state index in [-0.39, 0.29) is 6.54 Å². The molecule has 12 heteroatoms. The van der Waals surface area contributed by atoms with Crippen LogP contribution in [0.25, 0.3) is 0 Å². The number of nitrogen functional groups attached to an aromatic ring is 1. The summed E-state index contributed by atoms with van der Waals surface area (Å²) in [7, 11) is 1.41. The molecule has 10 nitrogen and oxygen atoms in total. The second-order valence-electron chi connectivity index (χ2n) is 12.5. The average Bonchev–Trinajstić information content (AvgIpc) is 3.25. The molecule has 0 aliphatic carbocycles. The van der Waals surface area contributed by atoms with Crippen LogP contribution in [-0.2, 0) is 25.7 Å². The molecule has 0 spiro atoms. The molecule has 2 aromatic carbocycles. The largest absolute Gasteiger partial charge is 0.444 e. The summed E-state index contributed by atoms with van der Waals surface area (Å²) in [6, 6.07) is 4.56. The van der Waals surface area contributed by atoms with Gasteiger partial charge in [0.1, 0.15) is 41.0 Å². The van der Waals surface area contributed by atoms with Crippen molar-refractivity contribution in [2.24, 2.45) is 5.41 Å². The molecule has 0 saturated heterocycles. The van der Waals surface area contributed by atoms with Gasteiger partial charge >= 0.3 is 6.09 Å². The number of amides is 4. The molecule has 0 bridgehead atoms. The minimum Gasteiger partial charge on any atom is -0.444 e. The molecule has 0 radical (unpaired) electrons. The molecule has 0 fully saturated rings. The second-order valence-corrected chi connectivity index (χ2v) is 12.5. The Morgan fingerprint density at radius 3 is 2.19 bits per heavy atom. The maximum absolute atomic E-state index is 14.4. The lowest BCUT2D eigenvalue weighted by Gasteiger charge is -2.36. The molecule has 3 rings (SSSR count). The van der Waals surface area contributed by atoms with Crippen LogP contribution in [0.5, 0.6) is 0 Å². The fourth-order valence-electron chi connectivity index (χ4n) is 4.50. The van der Waals surface area contributed by atoms with E-state index in [1.54, 1.807) is 53.7 Å². The Labute approximate surface area is 244 Å². The van der Waals surface area contributed by atoms with Crippen LogP contribution in [0.2, 0.25) is 0 Å². The fourth-order valence-corrected chi connectivity index (χ4v) is 4.50. The monoisotopic (exact) mass is 587 g/mol. The predicted octanol–water partition coefficient (Wildman–Crippen LogP) is 4.36. The minimum atomic E-state index is -1.29. The van der Waals surface area contributed by atoms with Crippen molar-refractivity contribution in [2.45, 2.75) is 78.7 Å². The Bertz CT molecular complexity index is 1360. The summed E-state index contributed by atoms with van der Waals surface area (Å²) in [5.74, 6) is -4.03. The number of hydrogen-bond donors (Lipinski definition) is 3. The van der Waals surface area contributed by atoms with Gasteiger partial charge in [0.2, 0.25) is 11.8 Å². The molecule has 42 heavy (non-hydrogen) atoms. The molecule has 228 valence electrons. The highest BCUT2D eigenvalue weighted by Gasteiger charge is 2.45. The first-order chi connectivity index (χ1) is 19.3. The lowest BCUT2D eigenvalue weighted by molar-refractivity contribution is -0.145. The standard InChI is InChI=1S/C30H39F2N5O5/c1-16(36(8)28(41)42-30(5,6)7)25(38)35-24(29(2,3)4)27(40)37-15-17-12-13-18(33)14-19(17)23(37)26(39)34-22-20(31)10-9-11-21(22)32/h9-14,16,23-24H,15,33H2,1-8H3,(H,34,39)(H,35,38)/t16?,23-,24?/m0/s1. The summed E-state index contributed by atoms with van der Waals surface area (Å²) in [6.45, 7) is 11.8. The van der Waals surface area contributed by atoms with E-state index < -0.39 is 70.3 Å². The van der Waals surface area contributed by atoms with Gasteiger partial charge in [0.05, 0.1) is 0 Å².